The largest absolute Gasteiger partial charge is 0.481 e. The molecule has 0 amide bonds. The van der Waals surface area contributed by atoms with Gasteiger partial charge in [0.05, 0.1) is 5.92 Å². The van der Waals surface area contributed by atoms with Gasteiger partial charge in [-0.25, -0.2) is 0 Å². The molecule has 0 bridgehead atoms. The van der Waals surface area contributed by atoms with Gasteiger partial charge < -0.3 is 15.0 Å². The Kier molecular flexibility index (Phi) is 3.62. The van der Waals surface area contributed by atoms with E-state index < -0.39 is 5.97 Å². The van der Waals surface area contributed by atoms with Crippen LogP contribution >= 0.6 is 0 Å². The minimum Gasteiger partial charge on any atom is -0.481 e. The van der Waals surface area contributed by atoms with Gasteiger partial charge in [0, 0.05) is 35.4 Å². The standard InChI is InChI=1S/C17H22N2O2/c1-3-19(4-2)11-8-9-15-14(10-11)12-6-5-7-13(17(20)21)16(12)18-15/h8-10,13,18H,3-7H2,1-2H3,(H,20,21). The van der Waals surface area contributed by atoms with Crippen LogP contribution in [0, 0.1) is 0 Å². The van der Waals surface area contributed by atoms with Gasteiger partial charge in [-0.15, -0.1) is 0 Å². The second-order valence-corrected chi connectivity index (χ2v) is 5.70. The molecule has 3 rings (SSSR count). The molecule has 4 heteroatoms. The highest BCUT2D eigenvalue weighted by Gasteiger charge is 2.29. The molecule has 0 aliphatic heterocycles. The third kappa shape index (κ3) is 2.28. The van der Waals surface area contributed by atoms with Gasteiger partial charge in [0.25, 0.3) is 0 Å². The number of fused-ring (bicyclic) bond motifs is 3. The quantitative estimate of drug-likeness (QED) is 0.904. The Morgan fingerprint density at radius 2 is 2.14 bits per heavy atom. The zero-order valence-corrected chi connectivity index (χ0v) is 12.6. The number of aromatic amines is 1. The lowest BCUT2D eigenvalue weighted by Crippen LogP contribution is -2.21. The maximum absolute atomic E-state index is 11.4. The molecule has 1 aromatic heterocycles. The Morgan fingerprint density at radius 1 is 1.38 bits per heavy atom. The number of H-pyrrole nitrogens is 1. The number of aryl methyl sites for hydroxylation is 1. The average Bonchev–Trinajstić information content (AvgIpc) is 2.86. The fourth-order valence-corrected chi connectivity index (χ4v) is 3.48. The van der Waals surface area contributed by atoms with Crippen molar-refractivity contribution in [2.24, 2.45) is 0 Å². The average molecular weight is 286 g/mol. The molecular formula is C17H22N2O2. The number of hydrogen-bond donors (Lipinski definition) is 2. The van der Waals surface area contributed by atoms with E-state index in [2.05, 4.69) is 41.9 Å². The van der Waals surface area contributed by atoms with Crippen molar-refractivity contribution in [3.8, 4) is 0 Å². The first kappa shape index (κ1) is 14.0. The van der Waals surface area contributed by atoms with Crippen molar-refractivity contribution >= 4 is 22.6 Å². The van der Waals surface area contributed by atoms with Crippen LogP contribution in [0.2, 0.25) is 0 Å². The second kappa shape index (κ2) is 5.43. The van der Waals surface area contributed by atoms with Crippen LogP contribution in [0.5, 0.6) is 0 Å². The number of benzene rings is 1. The van der Waals surface area contributed by atoms with Crippen molar-refractivity contribution in [3.05, 3.63) is 29.5 Å². The lowest BCUT2D eigenvalue weighted by Gasteiger charge is -2.21. The van der Waals surface area contributed by atoms with Gasteiger partial charge in [0.1, 0.15) is 0 Å². The number of nitrogens with one attached hydrogen (secondary N) is 1. The van der Waals surface area contributed by atoms with Gasteiger partial charge >= 0.3 is 5.97 Å². The molecular weight excluding hydrogens is 264 g/mol. The Labute approximate surface area is 124 Å². The zero-order chi connectivity index (χ0) is 15.0. The maximum atomic E-state index is 11.4. The zero-order valence-electron chi connectivity index (χ0n) is 12.6. The van der Waals surface area contributed by atoms with E-state index in [0.29, 0.717) is 0 Å². The van der Waals surface area contributed by atoms with Crippen LogP contribution in [0.25, 0.3) is 10.9 Å². The summed E-state index contributed by atoms with van der Waals surface area (Å²) in [6.07, 6.45) is 2.66. The molecule has 0 radical (unpaired) electrons. The summed E-state index contributed by atoms with van der Waals surface area (Å²) in [4.78, 5) is 17.1. The summed E-state index contributed by atoms with van der Waals surface area (Å²) in [5.41, 5.74) is 4.40. The van der Waals surface area contributed by atoms with E-state index in [1.807, 2.05) is 0 Å². The van der Waals surface area contributed by atoms with Crippen LogP contribution in [0.4, 0.5) is 5.69 Å². The summed E-state index contributed by atoms with van der Waals surface area (Å²) in [6, 6.07) is 6.41. The van der Waals surface area contributed by atoms with Gasteiger partial charge in [-0.2, -0.15) is 0 Å². The number of carbonyl (C=O) groups is 1. The van der Waals surface area contributed by atoms with Crippen molar-refractivity contribution in [1.29, 1.82) is 0 Å². The van der Waals surface area contributed by atoms with Crippen LogP contribution in [-0.4, -0.2) is 29.1 Å². The van der Waals surface area contributed by atoms with Crippen LogP contribution < -0.4 is 4.90 Å². The predicted octanol–water partition coefficient (Wildman–Crippen LogP) is 3.52. The SMILES string of the molecule is CCN(CC)c1ccc2[nH]c3c(c2c1)CCCC3C(=O)O. The number of rotatable bonds is 4. The second-order valence-electron chi connectivity index (χ2n) is 5.70. The topological polar surface area (TPSA) is 56.3 Å². The molecule has 1 aliphatic carbocycles. The maximum Gasteiger partial charge on any atom is 0.312 e. The Bertz CT molecular complexity index is 671. The highest BCUT2D eigenvalue weighted by molar-refractivity contribution is 5.90. The van der Waals surface area contributed by atoms with Crippen LogP contribution in [0.1, 0.15) is 43.9 Å². The van der Waals surface area contributed by atoms with Crippen molar-refractivity contribution in [3.63, 3.8) is 0 Å². The smallest absolute Gasteiger partial charge is 0.312 e. The van der Waals surface area contributed by atoms with Gasteiger partial charge in [-0.1, -0.05) is 0 Å². The van der Waals surface area contributed by atoms with E-state index in [1.165, 1.54) is 16.6 Å². The van der Waals surface area contributed by atoms with E-state index in [-0.39, 0.29) is 5.92 Å². The van der Waals surface area contributed by atoms with Crippen LogP contribution in [0.15, 0.2) is 18.2 Å². The highest BCUT2D eigenvalue weighted by Crippen LogP contribution is 2.37. The summed E-state index contributed by atoms with van der Waals surface area (Å²) in [5, 5.41) is 10.6. The van der Waals surface area contributed by atoms with E-state index in [9.17, 15) is 9.90 Å². The van der Waals surface area contributed by atoms with E-state index in [4.69, 9.17) is 0 Å². The van der Waals surface area contributed by atoms with E-state index in [0.717, 1.165) is 43.6 Å². The number of hydrogen-bond acceptors (Lipinski definition) is 2. The minimum atomic E-state index is -0.716. The molecule has 21 heavy (non-hydrogen) atoms. The van der Waals surface area contributed by atoms with E-state index in [1.54, 1.807) is 0 Å². The first-order chi connectivity index (χ1) is 10.2. The first-order valence-corrected chi connectivity index (χ1v) is 7.78. The van der Waals surface area contributed by atoms with Gasteiger partial charge in [-0.3, -0.25) is 4.79 Å². The summed E-state index contributed by atoms with van der Waals surface area (Å²) in [5.74, 6) is -1.09. The molecule has 1 aromatic carbocycles. The molecule has 1 unspecified atom stereocenters. The first-order valence-electron chi connectivity index (χ1n) is 7.78. The molecule has 2 aromatic rings. The Hall–Kier alpha value is -1.97. The van der Waals surface area contributed by atoms with Gasteiger partial charge in [-0.05, 0) is 56.9 Å². The molecule has 0 fully saturated rings. The molecule has 4 nitrogen and oxygen atoms in total. The summed E-state index contributed by atoms with van der Waals surface area (Å²) >= 11 is 0. The molecule has 0 saturated heterocycles. The van der Waals surface area contributed by atoms with Crippen molar-refractivity contribution in [1.82, 2.24) is 4.98 Å². The number of nitrogens with zero attached hydrogens (tertiary/aromatic N) is 1. The number of aliphatic carboxylic acids is 1. The lowest BCUT2D eigenvalue weighted by molar-refractivity contribution is -0.139. The third-order valence-electron chi connectivity index (χ3n) is 4.62. The molecule has 0 saturated carbocycles. The third-order valence-corrected chi connectivity index (χ3v) is 4.62. The van der Waals surface area contributed by atoms with Gasteiger partial charge in [0.2, 0.25) is 0 Å². The fraction of sp³-hybridized carbons (Fsp3) is 0.471. The fourth-order valence-electron chi connectivity index (χ4n) is 3.48. The van der Waals surface area contributed by atoms with Gasteiger partial charge in [0.15, 0.2) is 0 Å². The Morgan fingerprint density at radius 3 is 2.81 bits per heavy atom. The molecule has 2 N–H and O–H groups in total. The number of anilines is 1. The summed E-state index contributed by atoms with van der Waals surface area (Å²) in [6.45, 7) is 6.26. The van der Waals surface area contributed by atoms with Crippen molar-refractivity contribution in [2.45, 2.75) is 39.0 Å². The van der Waals surface area contributed by atoms with Crippen LogP contribution in [0.3, 0.4) is 0 Å². The predicted molar refractivity (Wildman–Crippen MR) is 85.2 cm³/mol. The Balaban J connectivity index is 2.12. The monoisotopic (exact) mass is 286 g/mol. The molecule has 1 atom stereocenters. The van der Waals surface area contributed by atoms with E-state index >= 15 is 0 Å². The molecule has 0 spiro atoms. The summed E-state index contributed by atoms with van der Waals surface area (Å²) < 4.78 is 0. The number of carboxylic acids is 1. The molecule has 1 aliphatic rings. The summed E-state index contributed by atoms with van der Waals surface area (Å²) in [7, 11) is 0. The van der Waals surface area contributed by atoms with Crippen molar-refractivity contribution < 1.29 is 9.90 Å². The molecule has 1 heterocycles. The lowest BCUT2D eigenvalue weighted by atomic mass is 9.87. The van der Waals surface area contributed by atoms with Crippen LogP contribution in [-0.2, 0) is 11.2 Å². The highest BCUT2D eigenvalue weighted by atomic mass is 16.4. The normalized spacial score (nSPS) is 17.7. The minimum absolute atomic E-state index is 0.377. The van der Waals surface area contributed by atoms with Crippen molar-refractivity contribution in [2.75, 3.05) is 18.0 Å². The number of aromatic nitrogens is 1. The number of carboxylic acid groups (broad SMARTS) is 1. The molecule has 112 valence electrons.